The van der Waals surface area contributed by atoms with E-state index in [0.29, 0.717) is 0 Å². The Morgan fingerprint density at radius 1 is 1.60 bits per heavy atom. The number of hydrogen-bond acceptors (Lipinski definition) is 2. The lowest BCUT2D eigenvalue weighted by atomic mass is 10.2. The van der Waals surface area contributed by atoms with Crippen LogP contribution in [0.4, 0.5) is 0 Å². The Hall–Kier alpha value is -0.520. The Morgan fingerprint density at radius 3 is 2.40 bits per heavy atom. The van der Waals surface area contributed by atoms with Gasteiger partial charge in [0.05, 0.1) is 12.2 Å². The number of ether oxygens (including phenoxy) is 1. The largest absolute Gasteiger partial charge is 0.378 e. The minimum Gasteiger partial charge on any atom is -0.378 e. The average molecular weight is 142 g/mol. The van der Waals surface area contributed by atoms with Crippen LogP contribution in [-0.4, -0.2) is 23.4 Å². The molecule has 0 aliphatic carbocycles. The van der Waals surface area contributed by atoms with E-state index in [0.717, 1.165) is 0 Å². The summed E-state index contributed by atoms with van der Waals surface area (Å²) in [6.07, 6.45) is 4.14. The second-order valence-electron chi connectivity index (χ2n) is 3.11. The molecule has 0 aliphatic heterocycles. The van der Waals surface area contributed by atoms with Gasteiger partial charge >= 0.3 is 0 Å². The third-order valence-electron chi connectivity index (χ3n) is 0.867. The topological polar surface area (TPSA) is 29.5 Å². The molecule has 58 valence electrons. The van der Waals surface area contributed by atoms with Gasteiger partial charge in [-0.1, -0.05) is 5.92 Å². The van der Waals surface area contributed by atoms with Crippen LogP contribution in [0, 0.1) is 12.3 Å². The fourth-order valence-electron chi connectivity index (χ4n) is 0.377. The maximum atomic E-state index is 8.86. The van der Waals surface area contributed by atoms with Gasteiger partial charge in [-0.2, -0.15) is 0 Å². The van der Waals surface area contributed by atoms with Crippen LogP contribution < -0.4 is 0 Å². The zero-order chi connectivity index (χ0) is 8.20. The van der Waals surface area contributed by atoms with Gasteiger partial charge in [-0.05, 0) is 20.8 Å². The van der Waals surface area contributed by atoms with Gasteiger partial charge in [0.25, 0.3) is 0 Å². The lowest BCUT2D eigenvalue weighted by Crippen LogP contribution is -2.25. The van der Waals surface area contributed by atoms with E-state index in [-0.39, 0.29) is 12.2 Å². The minimum absolute atomic E-state index is 0.208. The van der Waals surface area contributed by atoms with Crippen LogP contribution >= 0.6 is 0 Å². The standard InChI is InChI=1S/C8H14O2/c1-5-7(9)6-10-8(2,3)4/h1,7,9H,6H2,2-4H3/t7-/m0/s1. The molecule has 0 aromatic rings. The molecule has 1 atom stereocenters. The SMILES string of the molecule is C#C[C@H](O)COC(C)(C)C. The molecule has 0 unspecified atom stereocenters. The van der Waals surface area contributed by atoms with Gasteiger partial charge in [-0.25, -0.2) is 0 Å². The fourth-order valence-corrected chi connectivity index (χ4v) is 0.377. The van der Waals surface area contributed by atoms with Crippen molar-refractivity contribution in [3.8, 4) is 12.3 Å². The van der Waals surface area contributed by atoms with Crippen molar-refractivity contribution in [3.63, 3.8) is 0 Å². The third-order valence-corrected chi connectivity index (χ3v) is 0.867. The smallest absolute Gasteiger partial charge is 0.137 e. The van der Waals surface area contributed by atoms with Gasteiger partial charge in [0.2, 0.25) is 0 Å². The van der Waals surface area contributed by atoms with E-state index >= 15 is 0 Å². The Labute approximate surface area is 62.2 Å². The predicted molar refractivity (Wildman–Crippen MR) is 40.5 cm³/mol. The first-order chi connectivity index (χ1) is 4.45. The normalized spacial score (nSPS) is 14.3. The van der Waals surface area contributed by atoms with Crippen LogP contribution in [0.2, 0.25) is 0 Å². The second-order valence-corrected chi connectivity index (χ2v) is 3.11. The van der Waals surface area contributed by atoms with Gasteiger partial charge in [0.1, 0.15) is 6.10 Å². The van der Waals surface area contributed by atoms with Gasteiger partial charge in [-0.15, -0.1) is 6.42 Å². The highest BCUT2D eigenvalue weighted by atomic mass is 16.5. The van der Waals surface area contributed by atoms with Crippen LogP contribution in [0.25, 0.3) is 0 Å². The molecule has 2 heteroatoms. The summed E-state index contributed by atoms with van der Waals surface area (Å²) in [6.45, 7) is 5.95. The van der Waals surface area contributed by atoms with Crippen molar-refractivity contribution < 1.29 is 9.84 Å². The maximum Gasteiger partial charge on any atom is 0.137 e. The van der Waals surface area contributed by atoms with Crippen molar-refractivity contribution in [2.24, 2.45) is 0 Å². The van der Waals surface area contributed by atoms with E-state index in [1.54, 1.807) is 0 Å². The summed E-state index contributed by atoms with van der Waals surface area (Å²) < 4.78 is 5.19. The highest BCUT2D eigenvalue weighted by Crippen LogP contribution is 2.06. The first-order valence-corrected chi connectivity index (χ1v) is 3.24. The first-order valence-electron chi connectivity index (χ1n) is 3.24. The Bertz CT molecular complexity index is 127. The van der Waals surface area contributed by atoms with Gasteiger partial charge in [0.15, 0.2) is 0 Å². The Kier molecular flexibility index (Phi) is 3.41. The third kappa shape index (κ3) is 5.61. The molecule has 10 heavy (non-hydrogen) atoms. The molecule has 0 saturated carbocycles. The molecule has 0 rings (SSSR count). The number of rotatable bonds is 2. The molecule has 0 aromatic carbocycles. The molecular formula is C8H14O2. The molecule has 0 radical (unpaired) electrons. The van der Waals surface area contributed by atoms with Crippen LogP contribution in [-0.2, 0) is 4.74 Å². The van der Waals surface area contributed by atoms with E-state index in [9.17, 15) is 0 Å². The summed E-state index contributed by atoms with van der Waals surface area (Å²) in [4.78, 5) is 0. The summed E-state index contributed by atoms with van der Waals surface area (Å²) in [7, 11) is 0. The summed E-state index contributed by atoms with van der Waals surface area (Å²) in [5.41, 5.74) is -0.224. The summed E-state index contributed by atoms with van der Waals surface area (Å²) >= 11 is 0. The van der Waals surface area contributed by atoms with E-state index < -0.39 is 6.10 Å². The average Bonchev–Trinajstić information content (AvgIpc) is 1.81. The van der Waals surface area contributed by atoms with Crippen molar-refractivity contribution >= 4 is 0 Å². The van der Waals surface area contributed by atoms with E-state index in [1.807, 2.05) is 20.8 Å². The van der Waals surface area contributed by atoms with Gasteiger partial charge in [-0.3, -0.25) is 0 Å². The zero-order valence-corrected chi connectivity index (χ0v) is 6.72. The van der Waals surface area contributed by atoms with Crippen molar-refractivity contribution in [1.29, 1.82) is 0 Å². The highest BCUT2D eigenvalue weighted by Gasteiger charge is 2.11. The maximum absolute atomic E-state index is 8.86. The molecule has 2 nitrogen and oxygen atoms in total. The molecule has 0 saturated heterocycles. The Morgan fingerprint density at radius 2 is 2.10 bits per heavy atom. The van der Waals surface area contributed by atoms with Crippen LogP contribution in [0.3, 0.4) is 0 Å². The van der Waals surface area contributed by atoms with Crippen molar-refractivity contribution in [3.05, 3.63) is 0 Å². The molecule has 0 heterocycles. The number of aliphatic hydroxyl groups is 1. The summed E-state index contributed by atoms with van der Waals surface area (Å²) in [5.74, 6) is 2.17. The molecule has 1 N–H and O–H groups in total. The molecule has 0 amide bonds. The number of aliphatic hydroxyl groups excluding tert-OH is 1. The zero-order valence-electron chi connectivity index (χ0n) is 6.72. The second kappa shape index (κ2) is 3.60. The molecule has 0 bridgehead atoms. The van der Waals surface area contributed by atoms with Crippen molar-refractivity contribution in [2.75, 3.05) is 6.61 Å². The van der Waals surface area contributed by atoms with Crippen LogP contribution in [0.5, 0.6) is 0 Å². The van der Waals surface area contributed by atoms with Crippen LogP contribution in [0.1, 0.15) is 20.8 Å². The van der Waals surface area contributed by atoms with Crippen molar-refractivity contribution in [1.82, 2.24) is 0 Å². The lowest BCUT2D eigenvalue weighted by molar-refractivity contribution is -0.0345. The molecule has 0 aliphatic rings. The minimum atomic E-state index is -0.778. The number of terminal acetylenes is 1. The molecular weight excluding hydrogens is 128 g/mol. The quantitative estimate of drug-likeness (QED) is 0.578. The van der Waals surface area contributed by atoms with Gasteiger partial charge < -0.3 is 9.84 Å². The van der Waals surface area contributed by atoms with E-state index in [2.05, 4.69) is 5.92 Å². The summed E-state index contributed by atoms with van der Waals surface area (Å²) in [5, 5.41) is 8.86. The molecule has 0 fully saturated rings. The Balaban J connectivity index is 3.48. The molecule has 0 spiro atoms. The monoisotopic (exact) mass is 142 g/mol. The van der Waals surface area contributed by atoms with Crippen LogP contribution in [0.15, 0.2) is 0 Å². The van der Waals surface area contributed by atoms with E-state index in [4.69, 9.17) is 16.3 Å². The van der Waals surface area contributed by atoms with Gasteiger partial charge in [0, 0.05) is 0 Å². The highest BCUT2D eigenvalue weighted by molar-refractivity contribution is 4.93. The summed E-state index contributed by atoms with van der Waals surface area (Å²) in [6, 6.07) is 0. The molecule has 0 aromatic heterocycles. The fraction of sp³-hybridized carbons (Fsp3) is 0.750. The predicted octanol–water partition coefficient (Wildman–Crippen LogP) is 0.796. The van der Waals surface area contributed by atoms with Crippen molar-refractivity contribution in [2.45, 2.75) is 32.5 Å². The first kappa shape index (κ1) is 9.48. The van der Waals surface area contributed by atoms with E-state index in [1.165, 1.54) is 0 Å². The number of hydrogen-bond donors (Lipinski definition) is 1. The lowest BCUT2D eigenvalue weighted by Gasteiger charge is -2.19.